The lowest BCUT2D eigenvalue weighted by Gasteiger charge is -2.16. The fourth-order valence-corrected chi connectivity index (χ4v) is 1.46. The van der Waals surface area contributed by atoms with Crippen molar-refractivity contribution >= 4 is 5.82 Å². The molecular weight excluding hydrogens is 200 g/mol. The molecule has 0 bridgehead atoms. The maximum Gasteiger partial charge on any atom is 0.133 e. The zero-order valence-electron chi connectivity index (χ0n) is 10.6. The molecule has 3 N–H and O–H groups in total. The van der Waals surface area contributed by atoms with Crippen molar-refractivity contribution in [1.29, 1.82) is 0 Å². The number of aromatic nitrogens is 2. The van der Waals surface area contributed by atoms with E-state index in [0.717, 1.165) is 23.8 Å². The first-order chi connectivity index (χ1) is 7.56. The van der Waals surface area contributed by atoms with Gasteiger partial charge in [-0.15, -0.1) is 0 Å². The Kier molecular flexibility index (Phi) is 4.68. The Labute approximate surface area is 97.7 Å². The minimum absolute atomic E-state index is 0.286. The Hall–Kier alpha value is -1.16. The number of hydrogen-bond acceptors (Lipinski definition) is 4. The Morgan fingerprint density at radius 2 is 2.06 bits per heavy atom. The molecule has 1 heterocycles. The molecule has 0 aromatic carbocycles. The molecule has 90 valence electrons. The smallest absolute Gasteiger partial charge is 0.133 e. The fraction of sp³-hybridized carbons (Fsp3) is 0.667. The second-order valence-corrected chi connectivity index (χ2v) is 4.39. The van der Waals surface area contributed by atoms with Crippen LogP contribution in [-0.4, -0.2) is 22.6 Å². The molecule has 1 unspecified atom stereocenters. The molecule has 1 aromatic heterocycles. The molecule has 0 aliphatic rings. The lowest BCUT2D eigenvalue weighted by molar-refractivity contribution is 0.693. The molecule has 0 aliphatic heterocycles. The average molecular weight is 222 g/mol. The molecule has 1 aromatic rings. The molecule has 1 rings (SSSR count). The van der Waals surface area contributed by atoms with Crippen LogP contribution in [0.4, 0.5) is 5.82 Å². The summed E-state index contributed by atoms with van der Waals surface area (Å²) in [6, 6.07) is 2.25. The van der Waals surface area contributed by atoms with E-state index in [1.807, 2.05) is 13.0 Å². The quantitative estimate of drug-likeness (QED) is 0.800. The number of anilines is 1. The van der Waals surface area contributed by atoms with Gasteiger partial charge < -0.3 is 11.1 Å². The first-order valence-corrected chi connectivity index (χ1v) is 5.89. The van der Waals surface area contributed by atoms with Crippen molar-refractivity contribution in [3.63, 3.8) is 0 Å². The Morgan fingerprint density at radius 1 is 1.38 bits per heavy atom. The normalized spacial score (nSPS) is 12.9. The first-order valence-electron chi connectivity index (χ1n) is 5.89. The number of nitrogens with two attached hydrogens (primary N) is 1. The molecule has 0 amide bonds. The van der Waals surface area contributed by atoms with E-state index in [1.54, 1.807) is 0 Å². The summed E-state index contributed by atoms with van der Waals surface area (Å²) in [4.78, 5) is 8.90. The van der Waals surface area contributed by atoms with Gasteiger partial charge in [0.15, 0.2) is 0 Å². The van der Waals surface area contributed by atoms with E-state index in [1.165, 1.54) is 0 Å². The molecule has 4 heteroatoms. The van der Waals surface area contributed by atoms with Gasteiger partial charge in [-0.3, -0.25) is 0 Å². The van der Waals surface area contributed by atoms with Gasteiger partial charge in [0.1, 0.15) is 11.6 Å². The van der Waals surface area contributed by atoms with E-state index in [4.69, 9.17) is 5.73 Å². The average Bonchev–Trinajstić information content (AvgIpc) is 2.25. The summed E-state index contributed by atoms with van der Waals surface area (Å²) in [6.45, 7) is 8.91. The van der Waals surface area contributed by atoms with Gasteiger partial charge in [-0.2, -0.15) is 0 Å². The minimum Gasteiger partial charge on any atom is -0.366 e. The van der Waals surface area contributed by atoms with Crippen LogP contribution in [0.3, 0.4) is 0 Å². The monoisotopic (exact) mass is 222 g/mol. The molecule has 4 nitrogen and oxygen atoms in total. The van der Waals surface area contributed by atoms with E-state index in [2.05, 4.69) is 36.1 Å². The molecule has 16 heavy (non-hydrogen) atoms. The molecule has 1 atom stereocenters. The maximum absolute atomic E-state index is 5.66. The second-order valence-electron chi connectivity index (χ2n) is 4.39. The molecule has 0 saturated carbocycles. The number of rotatable bonds is 5. The van der Waals surface area contributed by atoms with Gasteiger partial charge in [-0.05, 0) is 13.3 Å². The van der Waals surface area contributed by atoms with Crippen LogP contribution in [-0.2, 0) is 0 Å². The molecular formula is C12H22N4. The molecule has 0 spiro atoms. The van der Waals surface area contributed by atoms with Crippen LogP contribution in [0, 0.1) is 6.92 Å². The zero-order valence-corrected chi connectivity index (χ0v) is 10.6. The lowest BCUT2D eigenvalue weighted by Crippen LogP contribution is -2.28. The summed E-state index contributed by atoms with van der Waals surface area (Å²) in [6.07, 6.45) is 0.997. The fourth-order valence-electron chi connectivity index (χ4n) is 1.46. The third kappa shape index (κ3) is 3.45. The third-order valence-corrected chi connectivity index (χ3v) is 2.52. The number of aryl methyl sites for hydroxylation is 1. The van der Waals surface area contributed by atoms with Crippen molar-refractivity contribution < 1.29 is 0 Å². The highest BCUT2D eigenvalue weighted by atomic mass is 15.1. The Balaban J connectivity index is 2.87. The van der Waals surface area contributed by atoms with Gasteiger partial charge in [0.05, 0.1) is 0 Å². The van der Waals surface area contributed by atoms with Crippen molar-refractivity contribution in [3.8, 4) is 0 Å². The van der Waals surface area contributed by atoms with E-state index in [-0.39, 0.29) is 6.04 Å². The second kappa shape index (κ2) is 5.80. The topological polar surface area (TPSA) is 63.8 Å². The van der Waals surface area contributed by atoms with Crippen molar-refractivity contribution in [2.24, 2.45) is 5.73 Å². The first kappa shape index (κ1) is 12.9. The van der Waals surface area contributed by atoms with Crippen LogP contribution < -0.4 is 11.1 Å². The largest absolute Gasteiger partial charge is 0.366 e. The van der Waals surface area contributed by atoms with E-state index in [9.17, 15) is 0 Å². The van der Waals surface area contributed by atoms with Gasteiger partial charge in [-0.1, -0.05) is 20.8 Å². The number of nitrogens with zero attached hydrogens (tertiary/aromatic N) is 2. The van der Waals surface area contributed by atoms with E-state index >= 15 is 0 Å². The summed E-state index contributed by atoms with van der Waals surface area (Å²) in [5.74, 6) is 2.11. The standard InChI is InChI=1S/C12H22N4/c1-5-10(7-13)15-11-6-9(4)14-12(16-11)8(2)3/h6,8,10H,5,7,13H2,1-4H3,(H,14,15,16). The van der Waals surface area contributed by atoms with Crippen molar-refractivity contribution in [1.82, 2.24) is 9.97 Å². The Bertz CT molecular complexity index is 332. The maximum atomic E-state index is 5.66. The van der Waals surface area contributed by atoms with Crippen LogP contribution in [0.1, 0.15) is 44.6 Å². The van der Waals surface area contributed by atoms with Crippen LogP contribution in [0.5, 0.6) is 0 Å². The third-order valence-electron chi connectivity index (χ3n) is 2.52. The van der Waals surface area contributed by atoms with Crippen LogP contribution in [0.15, 0.2) is 6.07 Å². The van der Waals surface area contributed by atoms with Gasteiger partial charge in [-0.25, -0.2) is 9.97 Å². The lowest BCUT2D eigenvalue weighted by atomic mass is 10.2. The van der Waals surface area contributed by atoms with Gasteiger partial charge in [0.2, 0.25) is 0 Å². The van der Waals surface area contributed by atoms with Crippen molar-refractivity contribution in [2.45, 2.75) is 46.1 Å². The van der Waals surface area contributed by atoms with Gasteiger partial charge in [0, 0.05) is 30.3 Å². The predicted molar refractivity (Wildman–Crippen MR) is 67.6 cm³/mol. The van der Waals surface area contributed by atoms with E-state index < -0.39 is 0 Å². The van der Waals surface area contributed by atoms with Crippen molar-refractivity contribution in [2.75, 3.05) is 11.9 Å². The van der Waals surface area contributed by atoms with Crippen LogP contribution in [0.2, 0.25) is 0 Å². The van der Waals surface area contributed by atoms with Crippen molar-refractivity contribution in [3.05, 3.63) is 17.6 Å². The number of hydrogen-bond donors (Lipinski definition) is 2. The summed E-state index contributed by atoms with van der Waals surface area (Å²) in [5.41, 5.74) is 6.65. The predicted octanol–water partition coefficient (Wildman–Crippen LogP) is 2.06. The molecule has 0 fully saturated rings. The number of nitrogens with one attached hydrogen (secondary N) is 1. The zero-order chi connectivity index (χ0) is 12.1. The SMILES string of the molecule is CCC(CN)Nc1cc(C)nc(C(C)C)n1. The summed E-state index contributed by atoms with van der Waals surface area (Å²) in [5, 5.41) is 3.34. The summed E-state index contributed by atoms with van der Waals surface area (Å²) >= 11 is 0. The molecule has 0 saturated heterocycles. The molecule has 0 radical (unpaired) electrons. The van der Waals surface area contributed by atoms with Crippen LogP contribution >= 0.6 is 0 Å². The summed E-state index contributed by atoms with van der Waals surface area (Å²) < 4.78 is 0. The molecule has 0 aliphatic carbocycles. The van der Waals surface area contributed by atoms with Gasteiger partial charge >= 0.3 is 0 Å². The highest BCUT2D eigenvalue weighted by molar-refractivity contribution is 5.37. The summed E-state index contributed by atoms with van der Waals surface area (Å²) in [7, 11) is 0. The highest BCUT2D eigenvalue weighted by Crippen LogP contribution is 2.14. The Morgan fingerprint density at radius 3 is 2.56 bits per heavy atom. The minimum atomic E-state index is 0.286. The van der Waals surface area contributed by atoms with Gasteiger partial charge in [0.25, 0.3) is 0 Å². The highest BCUT2D eigenvalue weighted by Gasteiger charge is 2.08. The van der Waals surface area contributed by atoms with E-state index in [0.29, 0.717) is 12.5 Å². The van der Waals surface area contributed by atoms with Crippen LogP contribution in [0.25, 0.3) is 0 Å².